The summed E-state index contributed by atoms with van der Waals surface area (Å²) in [5.74, 6) is 0.374. The molecule has 1 saturated carbocycles. The van der Waals surface area contributed by atoms with Gasteiger partial charge in [0.1, 0.15) is 0 Å². The van der Waals surface area contributed by atoms with Gasteiger partial charge in [0.25, 0.3) is 0 Å². The molecule has 27 heavy (non-hydrogen) atoms. The number of benzene rings is 1. The average Bonchev–Trinajstić information content (AvgIpc) is 3.13. The lowest BCUT2D eigenvalue weighted by atomic mass is 9.89. The molecule has 142 valence electrons. The van der Waals surface area contributed by atoms with Gasteiger partial charge in [-0.25, -0.2) is 4.98 Å². The predicted octanol–water partition coefficient (Wildman–Crippen LogP) is 4.03. The second kappa shape index (κ2) is 10.0. The van der Waals surface area contributed by atoms with E-state index < -0.39 is 0 Å². The molecular weight excluding hydrogens is 358 g/mol. The van der Waals surface area contributed by atoms with Gasteiger partial charge in [0.05, 0.1) is 12.1 Å². The summed E-state index contributed by atoms with van der Waals surface area (Å²) < 4.78 is 0. The van der Waals surface area contributed by atoms with Crippen molar-refractivity contribution in [2.45, 2.75) is 38.5 Å². The molecule has 1 aliphatic rings. The summed E-state index contributed by atoms with van der Waals surface area (Å²) in [6, 6.07) is 9.63. The summed E-state index contributed by atoms with van der Waals surface area (Å²) in [5, 5.41) is 8.08. The highest BCUT2D eigenvalue weighted by molar-refractivity contribution is 7.14. The number of rotatable bonds is 7. The maximum Gasteiger partial charge on any atom is 0.250 e. The third-order valence-corrected chi connectivity index (χ3v) is 5.47. The van der Waals surface area contributed by atoms with Crippen LogP contribution in [-0.2, 0) is 16.0 Å². The van der Waals surface area contributed by atoms with Crippen LogP contribution in [0.15, 0.2) is 41.8 Å². The fraction of sp³-hybridized carbons (Fsp3) is 0.381. The summed E-state index contributed by atoms with van der Waals surface area (Å²) in [5.41, 5.74) is 1.64. The van der Waals surface area contributed by atoms with Crippen LogP contribution in [0, 0.1) is 5.92 Å². The molecule has 2 amide bonds. The number of nitrogens with zero attached hydrogens (tertiary/aromatic N) is 1. The Bertz CT molecular complexity index is 780. The third-order valence-electron chi connectivity index (χ3n) is 4.66. The minimum Gasteiger partial charge on any atom is -0.355 e. The van der Waals surface area contributed by atoms with Gasteiger partial charge in [0.15, 0.2) is 5.13 Å². The first kappa shape index (κ1) is 19.3. The van der Waals surface area contributed by atoms with E-state index in [0.717, 1.165) is 12.1 Å². The average molecular weight is 384 g/mol. The number of hydrogen-bond acceptors (Lipinski definition) is 4. The molecule has 5 nitrogen and oxygen atoms in total. The summed E-state index contributed by atoms with van der Waals surface area (Å²) in [6.45, 7) is 0.761. The Kier molecular flexibility index (Phi) is 7.16. The van der Waals surface area contributed by atoms with Crippen molar-refractivity contribution < 1.29 is 9.59 Å². The zero-order chi connectivity index (χ0) is 18.9. The van der Waals surface area contributed by atoms with Crippen LogP contribution in [0.4, 0.5) is 5.13 Å². The second-order valence-corrected chi connectivity index (χ2v) is 7.72. The molecule has 0 bridgehead atoms. The van der Waals surface area contributed by atoms with Gasteiger partial charge in [0.2, 0.25) is 11.8 Å². The molecule has 1 aromatic heterocycles. The smallest absolute Gasteiger partial charge is 0.250 e. The minimum absolute atomic E-state index is 0.00674. The predicted molar refractivity (Wildman–Crippen MR) is 110 cm³/mol. The molecule has 0 saturated heterocycles. The van der Waals surface area contributed by atoms with E-state index >= 15 is 0 Å². The molecule has 1 aliphatic carbocycles. The minimum atomic E-state index is -0.235. The van der Waals surface area contributed by atoms with E-state index in [2.05, 4.69) is 15.6 Å². The summed E-state index contributed by atoms with van der Waals surface area (Å²) in [4.78, 5) is 28.4. The largest absolute Gasteiger partial charge is 0.355 e. The number of hydrogen-bond donors (Lipinski definition) is 2. The zero-order valence-electron chi connectivity index (χ0n) is 15.3. The Morgan fingerprint density at radius 2 is 1.93 bits per heavy atom. The van der Waals surface area contributed by atoms with Gasteiger partial charge in [-0.15, -0.1) is 11.3 Å². The standard InChI is InChI=1S/C21H25N3O2S/c25-19(12-11-16-7-3-1-4-8-16)24-21-23-18(15-27-21)13-20(26)22-14-17-9-5-2-6-10-17/h1,3-4,7-8,11-12,15,17H,2,5-6,9-10,13-14H2,(H,22,26)(H,23,24,25)/b12-11+. The van der Waals surface area contributed by atoms with Crippen molar-refractivity contribution in [2.24, 2.45) is 5.92 Å². The Morgan fingerprint density at radius 1 is 1.15 bits per heavy atom. The second-order valence-electron chi connectivity index (χ2n) is 6.86. The van der Waals surface area contributed by atoms with E-state index in [1.807, 2.05) is 35.7 Å². The van der Waals surface area contributed by atoms with E-state index in [0.29, 0.717) is 16.7 Å². The lowest BCUT2D eigenvalue weighted by Gasteiger charge is -2.21. The highest BCUT2D eigenvalue weighted by atomic mass is 32.1. The zero-order valence-corrected chi connectivity index (χ0v) is 16.1. The Labute approximate surface area is 163 Å². The molecule has 3 rings (SSSR count). The molecule has 0 radical (unpaired) electrons. The van der Waals surface area contributed by atoms with Crippen LogP contribution < -0.4 is 10.6 Å². The van der Waals surface area contributed by atoms with Crippen molar-refractivity contribution in [1.29, 1.82) is 0 Å². The Morgan fingerprint density at radius 3 is 2.70 bits per heavy atom. The van der Waals surface area contributed by atoms with E-state index in [9.17, 15) is 9.59 Å². The monoisotopic (exact) mass is 383 g/mol. The van der Waals surface area contributed by atoms with Gasteiger partial charge in [-0.3, -0.25) is 14.9 Å². The topological polar surface area (TPSA) is 71.1 Å². The highest BCUT2D eigenvalue weighted by Gasteiger charge is 2.15. The van der Waals surface area contributed by atoms with Gasteiger partial charge in [-0.1, -0.05) is 49.6 Å². The summed E-state index contributed by atoms with van der Waals surface area (Å²) >= 11 is 1.33. The molecule has 0 aliphatic heterocycles. The van der Waals surface area contributed by atoms with Crippen LogP contribution in [-0.4, -0.2) is 23.3 Å². The lowest BCUT2D eigenvalue weighted by molar-refractivity contribution is -0.120. The molecule has 1 aromatic carbocycles. The van der Waals surface area contributed by atoms with Gasteiger partial charge < -0.3 is 5.32 Å². The van der Waals surface area contributed by atoms with Crippen molar-refractivity contribution in [3.63, 3.8) is 0 Å². The van der Waals surface area contributed by atoms with Crippen molar-refractivity contribution in [1.82, 2.24) is 10.3 Å². The molecule has 1 heterocycles. The third kappa shape index (κ3) is 6.64. The Balaban J connectivity index is 1.42. The first-order valence-electron chi connectivity index (χ1n) is 9.44. The summed E-state index contributed by atoms with van der Waals surface area (Å²) in [7, 11) is 0. The number of nitrogens with one attached hydrogen (secondary N) is 2. The molecule has 2 aromatic rings. The Hall–Kier alpha value is -2.47. The van der Waals surface area contributed by atoms with Crippen molar-refractivity contribution >= 4 is 34.4 Å². The number of carbonyl (C=O) groups excluding carboxylic acids is 2. The van der Waals surface area contributed by atoms with Crippen LogP contribution in [0.5, 0.6) is 0 Å². The van der Waals surface area contributed by atoms with Crippen LogP contribution >= 0.6 is 11.3 Å². The molecule has 2 N–H and O–H groups in total. The van der Waals surface area contributed by atoms with Crippen LogP contribution in [0.1, 0.15) is 43.4 Å². The van der Waals surface area contributed by atoms with Gasteiger partial charge in [-0.2, -0.15) is 0 Å². The van der Waals surface area contributed by atoms with Gasteiger partial charge in [0, 0.05) is 18.0 Å². The van der Waals surface area contributed by atoms with Crippen LogP contribution in [0.3, 0.4) is 0 Å². The van der Waals surface area contributed by atoms with Crippen LogP contribution in [0.2, 0.25) is 0 Å². The fourth-order valence-corrected chi connectivity index (χ4v) is 3.92. The van der Waals surface area contributed by atoms with E-state index in [-0.39, 0.29) is 18.2 Å². The van der Waals surface area contributed by atoms with Gasteiger partial charge >= 0.3 is 0 Å². The van der Waals surface area contributed by atoms with E-state index in [1.54, 1.807) is 6.08 Å². The number of amides is 2. The first-order chi connectivity index (χ1) is 13.2. The molecule has 1 fully saturated rings. The quantitative estimate of drug-likeness (QED) is 0.709. The number of aromatic nitrogens is 1. The molecule has 0 unspecified atom stereocenters. The number of thiazole rings is 1. The molecule has 6 heteroatoms. The van der Waals surface area contributed by atoms with E-state index in [1.165, 1.54) is 49.5 Å². The number of anilines is 1. The maximum absolute atomic E-state index is 12.1. The number of carbonyl (C=O) groups is 2. The first-order valence-corrected chi connectivity index (χ1v) is 10.3. The summed E-state index contributed by atoms with van der Waals surface area (Å²) in [6.07, 6.45) is 9.77. The molecular formula is C21H25N3O2S. The van der Waals surface area contributed by atoms with Crippen LogP contribution in [0.25, 0.3) is 6.08 Å². The SMILES string of the molecule is O=C(/C=C/c1ccccc1)Nc1nc(CC(=O)NCC2CCCCC2)cs1. The van der Waals surface area contributed by atoms with Crippen molar-refractivity contribution in [3.05, 3.63) is 53.0 Å². The van der Waals surface area contributed by atoms with Crippen molar-refractivity contribution in [2.75, 3.05) is 11.9 Å². The normalized spacial score (nSPS) is 15.0. The fourth-order valence-electron chi connectivity index (χ4n) is 3.21. The van der Waals surface area contributed by atoms with E-state index in [4.69, 9.17) is 0 Å². The lowest BCUT2D eigenvalue weighted by Crippen LogP contribution is -2.31. The maximum atomic E-state index is 12.1. The molecule has 0 atom stereocenters. The van der Waals surface area contributed by atoms with Crippen molar-refractivity contribution in [3.8, 4) is 0 Å². The highest BCUT2D eigenvalue weighted by Crippen LogP contribution is 2.22. The molecule has 0 spiro atoms. The van der Waals surface area contributed by atoms with Gasteiger partial charge in [-0.05, 0) is 30.4 Å².